The van der Waals surface area contributed by atoms with Crippen molar-refractivity contribution in [1.82, 2.24) is 0 Å². The minimum atomic E-state index is 0. The normalized spacial score (nSPS) is 2.73. The van der Waals surface area contributed by atoms with Gasteiger partial charge in [0.25, 0.3) is 0 Å². The van der Waals surface area contributed by atoms with E-state index in [2.05, 4.69) is 13.8 Å². The third-order valence-electron chi connectivity index (χ3n) is 0.500. The third kappa shape index (κ3) is 106. The first-order valence-electron chi connectivity index (χ1n) is 1.91. The van der Waals surface area contributed by atoms with Crippen LogP contribution in [0.15, 0.2) is 0 Å². The summed E-state index contributed by atoms with van der Waals surface area (Å²) >= 11 is 0. The van der Waals surface area contributed by atoms with E-state index in [9.17, 15) is 0 Å². The number of unbranched alkanes of at least 4 members (excludes halogenated alkanes) is 1. The van der Waals surface area contributed by atoms with Gasteiger partial charge in [-0.25, -0.2) is 0 Å². The molecule has 76 valence electrons. The van der Waals surface area contributed by atoms with Crippen molar-refractivity contribution in [2.75, 3.05) is 0 Å². The van der Waals surface area contributed by atoms with Gasteiger partial charge in [0, 0.05) is 21.7 Å². The summed E-state index contributed by atoms with van der Waals surface area (Å²) in [5.74, 6) is 0. The maximum Gasteiger partial charge on any atom is 0.187 e. The summed E-state index contributed by atoms with van der Waals surface area (Å²) in [6.07, 6.45) is 2.64. The van der Waals surface area contributed by atoms with Crippen molar-refractivity contribution in [3.8, 4) is 0 Å². The summed E-state index contributed by atoms with van der Waals surface area (Å²) < 4.78 is 0. The molecule has 0 rings (SSSR count). The molecule has 0 aromatic carbocycles. The van der Waals surface area contributed by atoms with Crippen LogP contribution < -0.4 is 0 Å². The van der Waals surface area contributed by atoms with Crippen LogP contribution in [0, 0.1) is 0 Å². The Kier molecular flexibility index (Phi) is 487. The largest absolute Gasteiger partial charge is 0.187 e. The zero-order valence-electron chi connectivity index (χ0n) is 5.96. The van der Waals surface area contributed by atoms with Crippen LogP contribution in [-0.4, -0.2) is 17.4 Å². The molecule has 0 unspecified atom stereocenters. The Labute approximate surface area is 126 Å². The van der Waals surface area contributed by atoms with Crippen molar-refractivity contribution in [3.63, 3.8) is 0 Å². The first kappa shape index (κ1) is 68.0. The minimum Gasteiger partial charge on any atom is -0.147 e. The van der Waals surface area contributed by atoms with E-state index >= 15 is 0 Å². The maximum absolute atomic E-state index is 2.18. The maximum atomic E-state index is 2.18. The van der Waals surface area contributed by atoms with Gasteiger partial charge in [-0.2, -0.15) is 0 Å². The molecule has 0 aromatic rings. The molecule has 0 atom stereocenters. The fraction of sp³-hybridized carbons (Fsp3) is 1.00. The summed E-state index contributed by atoms with van der Waals surface area (Å²) in [6.45, 7) is 4.36. The molecule has 7 heteroatoms. The molecular formula is C4H18AlCl5Ti. The van der Waals surface area contributed by atoms with Gasteiger partial charge >= 0.3 is 0 Å². The Hall–Kier alpha value is 2.70. The Balaban J connectivity index is -0.00000000214. The molecule has 0 fully saturated rings. The van der Waals surface area contributed by atoms with Crippen LogP contribution in [0.25, 0.3) is 0 Å². The van der Waals surface area contributed by atoms with Crippen molar-refractivity contribution < 1.29 is 21.7 Å². The second kappa shape index (κ2) is 78.7. The molecule has 0 bridgehead atoms. The Morgan fingerprint density at radius 1 is 0.636 bits per heavy atom. The van der Waals surface area contributed by atoms with E-state index in [0.29, 0.717) is 0 Å². The average Bonchev–Trinajstić information content (AvgIpc) is 1.37. The second-order valence-corrected chi connectivity index (χ2v) is 1.000. The van der Waals surface area contributed by atoms with E-state index in [4.69, 9.17) is 0 Å². The van der Waals surface area contributed by atoms with E-state index in [1.54, 1.807) is 0 Å². The number of hydrogen-bond donors (Lipinski definition) is 0. The molecule has 0 N–H and O–H groups in total. The van der Waals surface area contributed by atoms with Gasteiger partial charge in [-0.3, -0.25) is 0 Å². The third-order valence-corrected chi connectivity index (χ3v) is 0.500. The van der Waals surface area contributed by atoms with Gasteiger partial charge in [-0.1, -0.05) is 26.7 Å². The van der Waals surface area contributed by atoms with Crippen LogP contribution in [0.3, 0.4) is 0 Å². The molecular weight excluding hydrogens is 300 g/mol. The van der Waals surface area contributed by atoms with Gasteiger partial charge in [0.05, 0.1) is 0 Å². The predicted octanol–water partition coefficient (Wildman–Crippen LogP) is 2.73. The van der Waals surface area contributed by atoms with Crippen LogP contribution >= 0.6 is 62.0 Å². The summed E-state index contributed by atoms with van der Waals surface area (Å²) in [5.41, 5.74) is 0. The zero-order valence-corrected chi connectivity index (χ0v) is 11.6. The molecule has 0 nitrogen and oxygen atoms in total. The SMILES string of the molecule is CCCC.Cl.Cl.Cl.Cl.Cl.[AlH3].[Ti]. The summed E-state index contributed by atoms with van der Waals surface area (Å²) in [4.78, 5) is 0. The quantitative estimate of drug-likeness (QED) is 0.652. The monoisotopic (exact) mass is 316 g/mol. The molecule has 0 radical (unpaired) electrons. The number of hydrogen-bond acceptors (Lipinski definition) is 0. The summed E-state index contributed by atoms with van der Waals surface area (Å²) in [6, 6.07) is 0. The van der Waals surface area contributed by atoms with Crippen molar-refractivity contribution >= 4 is 79.4 Å². The van der Waals surface area contributed by atoms with Crippen LogP contribution in [0.2, 0.25) is 0 Å². The van der Waals surface area contributed by atoms with E-state index in [1.807, 2.05) is 0 Å². The van der Waals surface area contributed by atoms with Gasteiger partial charge in [0.15, 0.2) is 17.4 Å². The molecule has 0 heterocycles. The molecule has 0 aliphatic rings. The molecule has 0 saturated carbocycles. The van der Waals surface area contributed by atoms with Crippen molar-refractivity contribution in [2.24, 2.45) is 0 Å². The Bertz CT molecular complexity index is 20.4. The molecule has 0 aliphatic heterocycles. The van der Waals surface area contributed by atoms with Gasteiger partial charge in [0.2, 0.25) is 0 Å². The summed E-state index contributed by atoms with van der Waals surface area (Å²) in [5, 5.41) is 0. The molecule has 0 aliphatic carbocycles. The Morgan fingerprint density at radius 2 is 0.727 bits per heavy atom. The fourth-order valence-corrected chi connectivity index (χ4v) is 0. The van der Waals surface area contributed by atoms with Gasteiger partial charge in [0.1, 0.15) is 0 Å². The Morgan fingerprint density at radius 3 is 0.727 bits per heavy atom. The van der Waals surface area contributed by atoms with Crippen molar-refractivity contribution in [2.45, 2.75) is 26.7 Å². The number of halogens is 5. The first-order valence-corrected chi connectivity index (χ1v) is 1.91. The minimum absolute atomic E-state index is 0. The van der Waals surface area contributed by atoms with Crippen LogP contribution in [0.1, 0.15) is 26.7 Å². The van der Waals surface area contributed by atoms with Crippen LogP contribution in [0.4, 0.5) is 0 Å². The van der Waals surface area contributed by atoms with Crippen molar-refractivity contribution in [1.29, 1.82) is 0 Å². The second-order valence-electron chi connectivity index (χ2n) is 1.000. The van der Waals surface area contributed by atoms with Crippen molar-refractivity contribution in [3.05, 3.63) is 0 Å². The predicted molar refractivity (Wildman–Crippen MR) is 66.8 cm³/mol. The van der Waals surface area contributed by atoms with Gasteiger partial charge in [-0.05, 0) is 0 Å². The van der Waals surface area contributed by atoms with Gasteiger partial charge in [-0.15, -0.1) is 62.0 Å². The van der Waals surface area contributed by atoms with E-state index in [1.165, 1.54) is 12.8 Å². The number of rotatable bonds is 1. The first-order chi connectivity index (χ1) is 1.91. The van der Waals surface area contributed by atoms with Crippen LogP contribution in [0.5, 0.6) is 0 Å². The standard InChI is InChI=1S/C4H10.Al.5ClH.Ti.3H/c1-3-4-2;;;;;;;;;;/h3-4H2,1-2H3;;5*1H;;;;. The molecule has 0 aromatic heterocycles. The molecule has 0 saturated heterocycles. The van der Waals surface area contributed by atoms with E-state index in [0.717, 1.165) is 0 Å². The van der Waals surface area contributed by atoms with E-state index < -0.39 is 0 Å². The average molecular weight is 318 g/mol. The molecule has 11 heavy (non-hydrogen) atoms. The summed E-state index contributed by atoms with van der Waals surface area (Å²) in [7, 11) is 0. The molecule has 0 spiro atoms. The van der Waals surface area contributed by atoms with Crippen LogP contribution in [-0.2, 0) is 21.7 Å². The smallest absolute Gasteiger partial charge is 0.147 e. The van der Waals surface area contributed by atoms with Gasteiger partial charge < -0.3 is 0 Å². The zero-order chi connectivity index (χ0) is 3.41. The molecule has 0 amide bonds. The van der Waals surface area contributed by atoms with E-state index in [-0.39, 0.29) is 101 Å². The topological polar surface area (TPSA) is 0 Å². The fourth-order valence-electron chi connectivity index (χ4n) is 0.